The van der Waals surface area contributed by atoms with Gasteiger partial charge in [0.1, 0.15) is 4.90 Å². The fraction of sp³-hybridized carbons (Fsp3) is 0.500. The van der Waals surface area contributed by atoms with Crippen LogP contribution in [-0.2, 0) is 32.5 Å². The lowest BCUT2D eigenvalue weighted by atomic mass is 9.48. The number of ether oxygens (including phenoxy) is 1. The Morgan fingerprint density at radius 1 is 0.972 bits per heavy atom. The summed E-state index contributed by atoms with van der Waals surface area (Å²) >= 11 is 6.30. The molecular weight excluding hydrogens is 498 g/mol. The van der Waals surface area contributed by atoms with Crippen molar-refractivity contribution in [3.63, 3.8) is 0 Å². The number of benzene rings is 2. The lowest BCUT2D eigenvalue weighted by Crippen LogP contribution is -2.51. The van der Waals surface area contributed by atoms with Gasteiger partial charge in [-0.2, -0.15) is 4.31 Å². The summed E-state index contributed by atoms with van der Waals surface area (Å²) in [7, 11) is -3.93. The van der Waals surface area contributed by atoms with Gasteiger partial charge < -0.3 is 4.74 Å². The average molecular weight is 528 g/mol. The summed E-state index contributed by atoms with van der Waals surface area (Å²) in [6.45, 7) is 0.325. The minimum Gasteiger partial charge on any atom is -0.454 e. The Kier molecular flexibility index (Phi) is 6.01. The highest BCUT2D eigenvalue weighted by atomic mass is 35.5. The standard InChI is InChI=1S/C28H30ClNO5S/c29-24-6-5-22(12-25(24)36(33,34)30-8-7-21-3-1-2-4-23(21)16-30)27(32)35-17-26(31)28-13-18-9-19(14-28)11-20(10-18)15-28/h1-6,12,18-20H,7-11,13-17H2. The number of ketones is 1. The van der Waals surface area contributed by atoms with Gasteiger partial charge in [-0.3, -0.25) is 4.79 Å². The first kappa shape index (κ1) is 24.1. The van der Waals surface area contributed by atoms with E-state index in [9.17, 15) is 18.0 Å². The molecule has 36 heavy (non-hydrogen) atoms. The van der Waals surface area contributed by atoms with Crippen LogP contribution in [-0.4, -0.2) is 37.6 Å². The smallest absolute Gasteiger partial charge is 0.338 e. The van der Waals surface area contributed by atoms with Crippen LogP contribution in [0.4, 0.5) is 0 Å². The van der Waals surface area contributed by atoms with E-state index in [-0.39, 0.29) is 39.8 Å². The summed E-state index contributed by atoms with van der Waals surface area (Å²) in [6.07, 6.45) is 7.05. The monoisotopic (exact) mass is 527 g/mol. The summed E-state index contributed by atoms with van der Waals surface area (Å²) < 4.78 is 33.7. The molecule has 190 valence electrons. The third-order valence-corrected chi connectivity index (χ3v) is 11.2. The second-order valence-corrected chi connectivity index (χ2v) is 13.5. The molecule has 4 saturated carbocycles. The first-order valence-electron chi connectivity index (χ1n) is 12.8. The SMILES string of the molecule is O=C(OCC(=O)C12CC3CC(CC(C3)C1)C2)c1ccc(Cl)c(S(=O)(=O)N2CCc3ccccc3C2)c1. The number of fused-ring (bicyclic) bond motifs is 1. The fourth-order valence-corrected chi connectivity index (χ4v) is 9.38. The number of carbonyl (C=O) groups excluding carboxylic acids is 2. The van der Waals surface area contributed by atoms with Gasteiger partial charge in [-0.15, -0.1) is 0 Å². The number of esters is 1. The van der Waals surface area contributed by atoms with Crippen molar-refractivity contribution in [3.8, 4) is 0 Å². The van der Waals surface area contributed by atoms with E-state index < -0.39 is 16.0 Å². The van der Waals surface area contributed by atoms with E-state index >= 15 is 0 Å². The maximum absolute atomic E-state index is 13.5. The summed E-state index contributed by atoms with van der Waals surface area (Å²) in [6, 6.07) is 11.9. The number of hydrogen-bond acceptors (Lipinski definition) is 5. The van der Waals surface area contributed by atoms with Gasteiger partial charge in [0.25, 0.3) is 0 Å². The fourth-order valence-electron chi connectivity index (χ4n) is 7.46. The van der Waals surface area contributed by atoms with E-state index in [0.717, 1.165) is 30.4 Å². The largest absolute Gasteiger partial charge is 0.454 e. The van der Waals surface area contributed by atoms with Crippen molar-refractivity contribution in [1.82, 2.24) is 4.31 Å². The predicted octanol–water partition coefficient (Wildman–Crippen LogP) is 5.03. The number of nitrogens with zero attached hydrogens (tertiary/aromatic N) is 1. The molecule has 6 nitrogen and oxygen atoms in total. The Labute approximate surface area is 217 Å². The molecule has 0 atom stereocenters. The number of halogens is 1. The van der Waals surface area contributed by atoms with Gasteiger partial charge in [-0.25, -0.2) is 13.2 Å². The van der Waals surface area contributed by atoms with Gasteiger partial charge in [-0.1, -0.05) is 35.9 Å². The zero-order valence-electron chi connectivity index (χ0n) is 20.1. The molecule has 4 fully saturated rings. The van der Waals surface area contributed by atoms with Gasteiger partial charge in [0.2, 0.25) is 10.0 Å². The third-order valence-electron chi connectivity index (χ3n) is 8.84. The molecule has 0 spiro atoms. The molecule has 4 bridgehead atoms. The molecule has 0 unspecified atom stereocenters. The number of carbonyl (C=O) groups is 2. The summed E-state index contributed by atoms with van der Waals surface area (Å²) in [4.78, 5) is 26.0. The van der Waals surface area contributed by atoms with Crippen molar-refractivity contribution < 1.29 is 22.7 Å². The maximum Gasteiger partial charge on any atom is 0.338 e. The second-order valence-electron chi connectivity index (χ2n) is 11.2. The minimum absolute atomic E-state index is 0.0174. The minimum atomic E-state index is -3.93. The summed E-state index contributed by atoms with van der Waals surface area (Å²) in [5.74, 6) is 1.19. The van der Waals surface area contributed by atoms with Crippen LogP contribution in [0.3, 0.4) is 0 Å². The van der Waals surface area contributed by atoms with E-state index in [4.69, 9.17) is 16.3 Å². The van der Waals surface area contributed by atoms with Gasteiger partial charge in [0, 0.05) is 18.5 Å². The van der Waals surface area contributed by atoms with Gasteiger partial charge in [0.15, 0.2) is 12.4 Å². The molecule has 7 rings (SSSR count). The molecule has 2 aromatic rings. The van der Waals surface area contributed by atoms with E-state index in [0.29, 0.717) is 30.7 Å². The highest BCUT2D eigenvalue weighted by molar-refractivity contribution is 7.89. The highest BCUT2D eigenvalue weighted by Gasteiger charge is 2.54. The Bertz CT molecular complexity index is 1300. The van der Waals surface area contributed by atoms with Crippen LogP contribution in [0.2, 0.25) is 5.02 Å². The molecule has 0 radical (unpaired) electrons. The van der Waals surface area contributed by atoms with Gasteiger partial charge >= 0.3 is 5.97 Å². The normalized spacial score (nSPS) is 29.1. The quantitative estimate of drug-likeness (QED) is 0.492. The highest BCUT2D eigenvalue weighted by Crippen LogP contribution is 2.60. The molecule has 0 aromatic heterocycles. The van der Waals surface area contributed by atoms with Crippen LogP contribution in [0.5, 0.6) is 0 Å². The zero-order valence-corrected chi connectivity index (χ0v) is 21.7. The van der Waals surface area contributed by atoms with E-state index in [2.05, 4.69) is 0 Å². The van der Waals surface area contributed by atoms with Crippen molar-refractivity contribution in [2.45, 2.75) is 56.4 Å². The van der Waals surface area contributed by atoms with Crippen LogP contribution >= 0.6 is 11.6 Å². The molecule has 1 aliphatic heterocycles. The van der Waals surface area contributed by atoms with E-state index in [1.807, 2.05) is 24.3 Å². The molecule has 2 aromatic carbocycles. The maximum atomic E-state index is 13.5. The van der Waals surface area contributed by atoms with Crippen LogP contribution in [0.15, 0.2) is 47.4 Å². The molecule has 0 N–H and O–H groups in total. The van der Waals surface area contributed by atoms with Crippen LogP contribution in [0, 0.1) is 23.2 Å². The molecular formula is C28H30ClNO5S. The first-order valence-corrected chi connectivity index (χ1v) is 14.6. The molecule has 1 heterocycles. The predicted molar refractivity (Wildman–Crippen MR) is 135 cm³/mol. The summed E-state index contributed by atoms with van der Waals surface area (Å²) in [5, 5.41) is 0.0510. The number of rotatable bonds is 6. The Morgan fingerprint density at radius 3 is 2.28 bits per heavy atom. The third kappa shape index (κ3) is 4.19. The van der Waals surface area contributed by atoms with Crippen LogP contribution < -0.4 is 0 Å². The van der Waals surface area contributed by atoms with E-state index in [1.165, 1.54) is 41.8 Å². The van der Waals surface area contributed by atoms with Crippen molar-refractivity contribution in [3.05, 3.63) is 64.2 Å². The Balaban J connectivity index is 1.16. The Hall–Kier alpha value is -2.22. The van der Waals surface area contributed by atoms with Crippen LogP contribution in [0.25, 0.3) is 0 Å². The molecule has 5 aliphatic rings. The molecule has 0 saturated heterocycles. The zero-order chi connectivity index (χ0) is 25.1. The average Bonchev–Trinajstić information content (AvgIpc) is 2.86. The van der Waals surface area contributed by atoms with Crippen molar-refractivity contribution in [2.75, 3.05) is 13.2 Å². The topological polar surface area (TPSA) is 80.8 Å². The lowest BCUT2D eigenvalue weighted by Gasteiger charge is -2.55. The molecule has 8 heteroatoms. The first-order chi connectivity index (χ1) is 17.2. The number of sulfonamides is 1. The molecule has 0 amide bonds. The van der Waals surface area contributed by atoms with Crippen molar-refractivity contribution >= 4 is 33.4 Å². The number of hydrogen-bond donors (Lipinski definition) is 0. The van der Waals surface area contributed by atoms with E-state index in [1.54, 1.807) is 0 Å². The van der Waals surface area contributed by atoms with Gasteiger partial charge in [0.05, 0.1) is 10.6 Å². The van der Waals surface area contributed by atoms with Crippen LogP contribution in [0.1, 0.15) is 60.0 Å². The van der Waals surface area contributed by atoms with Gasteiger partial charge in [-0.05, 0) is 92.0 Å². The second kappa shape index (κ2) is 8.96. The van der Waals surface area contributed by atoms with Crippen molar-refractivity contribution in [2.24, 2.45) is 23.2 Å². The lowest BCUT2D eigenvalue weighted by molar-refractivity contribution is -0.147. The Morgan fingerprint density at radius 2 is 1.61 bits per heavy atom. The number of Topliss-reactive ketones (excluding diaryl/α,β-unsaturated/α-hetero) is 1. The van der Waals surface area contributed by atoms with Crippen molar-refractivity contribution in [1.29, 1.82) is 0 Å². The molecule has 4 aliphatic carbocycles. The summed E-state index contributed by atoms with van der Waals surface area (Å²) in [5.41, 5.74) is 1.83.